The summed E-state index contributed by atoms with van der Waals surface area (Å²) >= 11 is 0. The van der Waals surface area contributed by atoms with Crippen LogP contribution < -0.4 is 4.18 Å². The molecule has 0 saturated heterocycles. The van der Waals surface area contributed by atoms with Crippen LogP contribution in [0.15, 0.2) is 59.5 Å². The Balaban J connectivity index is 0.000000447. The highest BCUT2D eigenvalue weighted by molar-refractivity contribution is 7.87. The minimum atomic E-state index is -3.87. The predicted molar refractivity (Wildman–Crippen MR) is 90.2 cm³/mol. The third-order valence-corrected chi connectivity index (χ3v) is 5.15. The topological polar surface area (TPSA) is 63.6 Å². The zero-order chi connectivity index (χ0) is 18.9. The summed E-state index contributed by atoms with van der Waals surface area (Å²) in [7, 11) is -3.87. The van der Waals surface area contributed by atoms with Crippen LogP contribution in [-0.2, 0) is 16.7 Å². The monoisotopic (exact) mass is 382 g/mol. The van der Waals surface area contributed by atoms with E-state index in [9.17, 15) is 26.7 Å². The average molecular weight is 382 g/mol. The van der Waals surface area contributed by atoms with Gasteiger partial charge in [-0.15, -0.1) is 0 Å². The molecule has 0 unspecified atom stereocenters. The second kappa shape index (κ2) is 6.97. The fourth-order valence-corrected chi connectivity index (χ4v) is 4.10. The van der Waals surface area contributed by atoms with E-state index in [0.717, 1.165) is 10.8 Å². The molecule has 1 N–H and O–H groups in total. The predicted octanol–water partition coefficient (Wildman–Crippen LogP) is 4.26. The molecular formula is C18H13F3O4S. The van der Waals surface area contributed by atoms with Gasteiger partial charge in [0.1, 0.15) is 4.90 Å². The highest BCUT2D eigenvalue weighted by atomic mass is 32.2. The number of hydrogen-bond acceptors (Lipinski definition) is 4. The number of fused-ring (bicyclic) bond motifs is 5. The third kappa shape index (κ3) is 3.25. The molecule has 136 valence electrons. The molecule has 0 saturated carbocycles. The first-order valence-electron chi connectivity index (χ1n) is 7.46. The Labute approximate surface area is 147 Å². The van der Waals surface area contributed by atoms with Gasteiger partial charge in [0.05, 0.1) is 6.61 Å². The van der Waals surface area contributed by atoms with E-state index in [1.807, 2.05) is 24.3 Å². The molecule has 0 bridgehead atoms. The summed E-state index contributed by atoms with van der Waals surface area (Å²) in [5.41, 5.74) is 1.79. The molecule has 4 nitrogen and oxygen atoms in total. The molecular weight excluding hydrogens is 369 g/mol. The Morgan fingerprint density at radius 3 is 2.31 bits per heavy atom. The lowest BCUT2D eigenvalue weighted by atomic mass is 9.94. The molecule has 0 amide bonds. The lowest BCUT2D eigenvalue weighted by Gasteiger charge is -2.23. The highest BCUT2D eigenvalue weighted by Gasteiger charge is 2.32. The van der Waals surface area contributed by atoms with E-state index in [2.05, 4.69) is 0 Å². The van der Waals surface area contributed by atoms with Crippen LogP contribution in [-0.4, -0.2) is 20.2 Å². The molecule has 26 heavy (non-hydrogen) atoms. The van der Waals surface area contributed by atoms with Gasteiger partial charge in [-0.2, -0.15) is 21.6 Å². The van der Waals surface area contributed by atoms with Gasteiger partial charge in [0.15, 0.2) is 5.75 Å². The molecule has 4 rings (SSSR count). The van der Waals surface area contributed by atoms with Crippen molar-refractivity contribution in [3.63, 3.8) is 0 Å². The van der Waals surface area contributed by atoms with E-state index in [0.29, 0.717) is 16.7 Å². The number of benzene rings is 3. The van der Waals surface area contributed by atoms with Gasteiger partial charge >= 0.3 is 16.8 Å². The standard InChI is InChI=1S/C17H12O4S.CHF3/c18-10-12-9-11-5-1-2-6-13(11)16-14-7-3-4-8-15(14)22(19,20)21-17(12)16;2-1(3)4/h1-9,18H,10H2;1H. The largest absolute Gasteiger partial charge is 0.392 e. The van der Waals surface area contributed by atoms with Crippen molar-refractivity contribution in [3.05, 3.63) is 60.2 Å². The van der Waals surface area contributed by atoms with Crippen LogP contribution in [0.3, 0.4) is 0 Å². The second-order valence-electron chi connectivity index (χ2n) is 5.40. The first-order valence-corrected chi connectivity index (χ1v) is 8.87. The maximum Gasteiger partial charge on any atom is 0.379 e. The van der Waals surface area contributed by atoms with Crippen LogP contribution in [0.1, 0.15) is 5.56 Å². The number of alkyl halides is 3. The van der Waals surface area contributed by atoms with Gasteiger partial charge in [0, 0.05) is 16.7 Å². The van der Waals surface area contributed by atoms with Crippen LogP contribution in [0.4, 0.5) is 13.2 Å². The summed E-state index contributed by atoms with van der Waals surface area (Å²) in [6.07, 6.45) is 0. The normalized spacial score (nSPS) is 14.0. The summed E-state index contributed by atoms with van der Waals surface area (Å²) in [6.45, 7) is -3.95. The van der Waals surface area contributed by atoms with Gasteiger partial charge in [-0.3, -0.25) is 0 Å². The van der Waals surface area contributed by atoms with E-state index >= 15 is 0 Å². The number of hydrogen-bond donors (Lipinski definition) is 1. The number of rotatable bonds is 1. The van der Waals surface area contributed by atoms with E-state index in [1.165, 1.54) is 6.07 Å². The zero-order valence-corrected chi connectivity index (χ0v) is 14.0. The van der Waals surface area contributed by atoms with Gasteiger partial charge in [0.25, 0.3) is 0 Å². The fraction of sp³-hybridized carbons (Fsp3) is 0.111. The van der Waals surface area contributed by atoms with Crippen molar-refractivity contribution in [2.45, 2.75) is 18.2 Å². The lowest BCUT2D eigenvalue weighted by molar-refractivity contribution is 0.00819. The molecule has 1 heterocycles. The SMILES string of the molecule is FC(F)F.O=S1(=O)Oc2c(CO)cc3ccccc3c2-c2ccccc21. The molecule has 0 atom stereocenters. The maximum atomic E-state index is 12.3. The summed E-state index contributed by atoms with van der Waals surface area (Å²) in [5, 5.41) is 11.4. The molecule has 3 aromatic rings. The van der Waals surface area contributed by atoms with Crippen molar-refractivity contribution in [3.8, 4) is 16.9 Å². The van der Waals surface area contributed by atoms with E-state index in [-0.39, 0.29) is 17.3 Å². The van der Waals surface area contributed by atoms with Crippen molar-refractivity contribution in [1.29, 1.82) is 0 Å². The van der Waals surface area contributed by atoms with E-state index < -0.39 is 16.8 Å². The number of halogens is 3. The molecule has 3 aromatic carbocycles. The van der Waals surface area contributed by atoms with Crippen molar-refractivity contribution >= 4 is 20.9 Å². The number of aliphatic hydroxyl groups excluding tert-OH is 1. The Morgan fingerprint density at radius 2 is 1.62 bits per heavy atom. The molecule has 0 aliphatic carbocycles. The molecule has 8 heteroatoms. The molecule has 0 spiro atoms. The zero-order valence-electron chi connectivity index (χ0n) is 13.2. The highest BCUT2D eigenvalue weighted by Crippen LogP contribution is 2.46. The van der Waals surface area contributed by atoms with Crippen molar-refractivity contribution in [1.82, 2.24) is 0 Å². The van der Waals surface area contributed by atoms with Gasteiger partial charge in [-0.1, -0.05) is 42.5 Å². The number of aliphatic hydroxyl groups is 1. The Morgan fingerprint density at radius 1 is 1.00 bits per heavy atom. The van der Waals surface area contributed by atoms with Crippen molar-refractivity contribution in [2.24, 2.45) is 0 Å². The van der Waals surface area contributed by atoms with Gasteiger partial charge < -0.3 is 9.29 Å². The first-order chi connectivity index (χ1) is 12.3. The molecule has 0 radical (unpaired) electrons. The first kappa shape index (κ1) is 18.2. The van der Waals surface area contributed by atoms with Crippen LogP contribution in [0.25, 0.3) is 21.9 Å². The Kier molecular flexibility index (Phi) is 4.88. The lowest BCUT2D eigenvalue weighted by Crippen LogP contribution is -2.17. The summed E-state index contributed by atoms with van der Waals surface area (Å²) in [5.74, 6) is 0.222. The van der Waals surface area contributed by atoms with Gasteiger partial charge in [0.2, 0.25) is 0 Å². The Hall–Kier alpha value is -2.58. The molecule has 0 aromatic heterocycles. The van der Waals surface area contributed by atoms with Gasteiger partial charge in [-0.05, 0) is 22.9 Å². The minimum Gasteiger partial charge on any atom is -0.392 e. The molecule has 1 aliphatic rings. The van der Waals surface area contributed by atoms with Crippen LogP contribution in [0, 0.1) is 0 Å². The smallest absolute Gasteiger partial charge is 0.379 e. The summed E-state index contributed by atoms with van der Waals surface area (Å²) in [6, 6.07) is 16.2. The quantitative estimate of drug-likeness (QED) is 0.639. The van der Waals surface area contributed by atoms with Crippen LogP contribution in [0.2, 0.25) is 0 Å². The third-order valence-electron chi connectivity index (χ3n) is 3.87. The average Bonchev–Trinajstić information content (AvgIpc) is 2.60. The molecule has 0 fully saturated rings. The Bertz CT molecular complexity index is 1060. The van der Waals surface area contributed by atoms with Crippen molar-refractivity contribution < 1.29 is 30.9 Å². The fourth-order valence-electron chi connectivity index (χ4n) is 2.91. The van der Waals surface area contributed by atoms with E-state index in [4.69, 9.17) is 4.18 Å². The van der Waals surface area contributed by atoms with Crippen LogP contribution in [0.5, 0.6) is 5.75 Å². The van der Waals surface area contributed by atoms with Gasteiger partial charge in [-0.25, -0.2) is 0 Å². The molecule has 1 aliphatic heterocycles. The summed E-state index contributed by atoms with van der Waals surface area (Å²) < 4.78 is 59.0. The van der Waals surface area contributed by atoms with E-state index in [1.54, 1.807) is 24.3 Å². The maximum absolute atomic E-state index is 12.3. The van der Waals surface area contributed by atoms with Crippen molar-refractivity contribution in [2.75, 3.05) is 0 Å². The van der Waals surface area contributed by atoms with Crippen LogP contribution >= 0.6 is 0 Å². The minimum absolute atomic E-state index is 0.155. The summed E-state index contributed by atoms with van der Waals surface area (Å²) in [4.78, 5) is 0.155. The second-order valence-corrected chi connectivity index (χ2v) is 6.91.